The predicted octanol–water partition coefficient (Wildman–Crippen LogP) is 2.90. The summed E-state index contributed by atoms with van der Waals surface area (Å²) in [6.45, 7) is 4.43. The van der Waals surface area contributed by atoms with E-state index < -0.39 is 6.10 Å². The van der Waals surface area contributed by atoms with Crippen molar-refractivity contribution < 1.29 is 14.3 Å². The van der Waals surface area contributed by atoms with Gasteiger partial charge in [-0.2, -0.15) is 0 Å². The summed E-state index contributed by atoms with van der Waals surface area (Å²) in [5.41, 5.74) is 3.73. The van der Waals surface area contributed by atoms with Crippen molar-refractivity contribution in [2.24, 2.45) is 0 Å². The lowest BCUT2D eigenvalue weighted by atomic mass is 10.00. The molecule has 1 aromatic heterocycles. The van der Waals surface area contributed by atoms with Gasteiger partial charge in [0.1, 0.15) is 24.0 Å². The van der Waals surface area contributed by atoms with Gasteiger partial charge in [0.2, 0.25) is 0 Å². The van der Waals surface area contributed by atoms with E-state index in [0.717, 1.165) is 30.5 Å². The number of fused-ring (bicyclic) bond motifs is 2. The summed E-state index contributed by atoms with van der Waals surface area (Å²) < 4.78 is 11.0. The second kappa shape index (κ2) is 7.55. The van der Waals surface area contributed by atoms with Crippen LogP contribution in [0.3, 0.4) is 0 Å². The number of β-amino-alcohol motifs (C(OH)–C–C–N with tert-alkyl or cyclic N) is 1. The molecule has 27 heavy (non-hydrogen) atoms. The summed E-state index contributed by atoms with van der Waals surface area (Å²) in [5.74, 6) is 0.583. The third-order valence-corrected chi connectivity index (χ3v) is 5.04. The minimum absolute atomic E-state index is 0.194. The van der Waals surface area contributed by atoms with Gasteiger partial charge in [0.05, 0.1) is 0 Å². The number of aliphatic hydroxyl groups is 1. The van der Waals surface area contributed by atoms with Crippen LogP contribution in [0.5, 0.6) is 5.75 Å². The molecule has 1 aliphatic rings. The van der Waals surface area contributed by atoms with E-state index in [1.165, 1.54) is 17.2 Å². The molecule has 2 heterocycles. The molecule has 0 bridgehead atoms. The summed E-state index contributed by atoms with van der Waals surface area (Å²) in [7, 11) is 0. The minimum atomic E-state index is -0.588. The van der Waals surface area contributed by atoms with Crippen LogP contribution < -0.4 is 10.4 Å². The standard InChI is InChI=1S/C22H23NO4/c1-15-10-22(25)27-21-11-19(6-7-20(15)21)26-14-18(24)13-23-9-8-16-4-2-3-5-17(16)12-23/h2-7,10-11,18,24H,8-9,12-14H2,1H3/t18-/m1/s1. The van der Waals surface area contributed by atoms with Gasteiger partial charge >= 0.3 is 5.63 Å². The van der Waals surface area contributed by atoms with Crippen molar-refractivity contribution in [3.05, 3.63) is 75.6 Å². The van der Waals surface area contributed by atoms with Crippen molar-refractivity contribution in [1.82, 2.24) is 4.90 Å². The molecule has 0 spiro atoms. The lowest BCUT2D eigenvalue weighted by molar-refractivity contribution is 0.0638. The zero-order valence-electron chi connectivity index (χ0n) is 15.4. The Morgan fingerprint density at radius 2 is 2.00 bits per heavy atom. The fraction of sp³-hybridized carbons (Fsp3) is 0.318. The number of rotatable bonds is 5. The highest BCUT2D eigenvalue weighted by molar-refractivity contribution is 5.81. The highest BCUT2D eigenvalue weighted by Gasteiger charge is 2.18. The first-order chi connectivity index (χ1) is 13.1. The molecule has 0 fully saturated rings. The van der Waals surface area contributed by atoms with Gasteiger partial charge in [-0.3, -0.25) is 4.90 Å². The zero-order chi connectivity index (χ0) is 18.8. The Bertz CT molecular complexity index is 1010. The third kappa shape index (κ3) is 4.04. The van der Waals surface area contributed by atoms with Crippen molar-refractivity contribution in [3.63, 3.8) is 0 Å². The summed E-state index contributed by atoms with van der Waals surface area (Å²) >= 11 is 0. The summed E-state index contributed by atoms with van der Waals surface area (Å²) in [4.78, 5) is 13.8. The maximum atomic E-state index is 11.5. The van der Waals surface area contributed by atoms with Crippen molar-refractivity contribution in [2.45, 2.75) is 26.0 Å². The average Bonchev–Trinajstić information content (AvgIpc) is 2.66. The lowest BCUT2D eigenvalue weighted by Gasteiger charge is -2.30. The second-order valence-corrected chi connectivity index (χ2v) is 7.13. The van der Waals surface area contributed by atoms with Crippen molar-refractivity contribution in [3.8, 4) is 5.75 Å². The van der Waals surface area contributed by atoms with E-state index in [-0.39, 0.29) is 12.2 Å². The van der Waals surface area contributed by atoms with Crippen LogP contribution >= 0.6 is 0 Å². The molecule has 1 N–H and O–H groups in total. The maximum absolute atomic E-state index is 11.5. The van der Waals surface area contributed by atoms with Crippen molar-refractivity contribution in [2.75, 3.05) is 19.7 Å². The van der Waals surface area contributed by atoms with Gasteiger partial charge in [0, 0.05) is 37.2 Å². The zero-order valence-corrected chi connectivity index (χ0v) is 15.4. The maximum Gasteiger partial charge on any atom is 0.336 e. The number of nitrogens with zero attached hydrogens (tertiary/aromatic N) is 1. The molecule has 140 valence electrons. The number of ether oxygens (including phenoxy) is 1. The van der Waals surface area contributed by atoms with Crippen LogP contribution in [-0.2, 0) is 13.0 Å². The first kappa shape index (κ1) is 17.8. The van der Waals surface area contributed by atoms with Gasteiger partial charge in [-0.05, 0) is 42.2 Å². The fourth-order valence-corrected chi connectivity index (χ4v) is 3.65. The van der Waals surface area contributed by atoms with E-state index in [1.54, 1.807) is 6.07 Å². The molecule has 0 saturated carbocycles. The molecule has 3 aromatic rings. The molecule has 2 aromatic carbocycles. The molecule has 5 nitrogen and oxygen atoms in total. The molecule has 1 aliphatic heterocycles. The number of aliphatic hydroxyl groups excluding tert-OH is 1. The van der Waals surface area contributed by atoms with E-state index >= 15 is 0 Å². The smallest absolute Gasteiger partial charge is 0.336 e. The molecule has 0 radical (unpaired) electrons. The van der Waals surface area contributed by atoms with Gasteiger partial charge in [-0.25, -0.2) is 4.79 Å². The first-order valence-corrected chi connectivity index (χ1v) is 9.23. The molecule has 5 heteroatoms. The van der Waals surface area contributed by atoms with Crippen LogP contribution in [0.25, 0.3) is 11.0 Å². The molecule has 0 amide bonds. The molecule has 0 unspecified atom stereocenters. The Morgan fingerprint density at radius 3 is 2.85 bits per heavy atom. The van der Waals surface area contributed by atoms with Crippen LogP contribution in [0.2, 0.25) is 0 Å². The summed E-state index contributed by atoms with van der Waals surface area (Å²) in [5, 5.41) is 11.3. The monoisotopic (exact) mass is 365 g/mol. The number of hydrogen-bond acceptors (Lipinski definition) is 5. The van der Waals surface area contributed by atoms with E-state index in [4.69, 9.17) is 9.15 Å². The Hall–Kier alpha value is -2.63. The second-order valence-electron chi connectivity index (χ2n) is 7.13. The Kier molecular flexibility index (Phi) is 4.97. The van der Waals surface area contributed by atoms with Crippen LogP contribution in [0, 0.1) is 6.92 Å². The molecule has 0 saturated heterocycles. The highest BCUT2D eigenvalue weighted by Crippen LogP contribution is 2.23. The van der Waals surface area contributed by atoms with Gasteiger partial charge < -0.3 is 14.3 Å². The highest BCUT2D eigenvalue weighted by atomic mass is 16.5. The van der Waals surface area contributed by atoms with Gasteiger partial charge in [0.15, 0.2) is 0 Å². The molecule has 4 rings (SSSR count). The molecular weight excluding hydrogens is 342 g/mol. The quantitative estimate of drug-likeness (QED) is 0.705. The Morgan fingerprint density at radius 1 is 1.19 bits per heavy atom. The van der Waals surface area contributed by atoms with Gasteiger partial charge in [-0.1, -0.05) is 24.3 Å². The summed E-state index contributed by atoms with van der Waals surface area (Å²) in [6.07, 6.45) is 0.419. The van der Waals surface area contributed by atoms with E-state index in [2.05, 4.69) is 29.2 Å². The first-order valence-electron chi connectivity index (χ1n) is 9.23. The van der Waals surface area contributed by atoms with Gasteiger partial charge in [-0.15, -0.1) is 0 Å². The predicted molar refractivity (Wildman–Crippen MR) is 104 cm³/mol. The van der Waals surface area contributed by atoms with Crippen molar-refractivity contribution in [1.29, 1.82) is 0 Å². The number of aryl methyl sites for hydroxylation is 1. The van der Waals surface area contributed by atoms with Crippen LogP contribution in [0.4, 0.5) is 0 Å². The largest absolute Gasteiger partial charge is 0.491 e. The number of hydrogen-bond donors (Lipinski definition) is 1. The fourth-order valence-electron chi connectivity index (χ4n) is 3.65. The average molecular weight is 365 g/mol. The van der Waals surface area contributed by atoms with Crippen LogP contribution in [0.1, 0.15) is 16.7 Å². The van der Waals surface area contributed by atoms with Crippen LogP contribution in [0.15, 0.2) is 57.7 Å². The Labute approximate surface area is 157 Å². The molecule has 0 aliphatic carbocycles. The topological polar surface area (TPSA) is 62.9 Å². The molecular formula is C22H23NO4. The van der Waals surface area contributed by atoms with E-state index in [9.17, 15) is 9.90 Å². The number of benzene rings is 2. The lowest BCUT2D eigenvalue weighted by Crippen LogP contribution is -2.38. The van der Waals surface area contributed by atoms with Gasteiger partial charge in [0.25, 0.3) is 0 Å². The molecule has 1 atom stereocenters. The summed E-state index contributed by atoms with van der Waals surface area (Å²) in [6, 6.07) is 15.3. The third-order valence-electron chi connectivity index (χ3n) is 5.04. The Balaban J connectivity index is 1.36. The SMILES string of the molecule is Cc1cc(=O)oc2cc(OC[C@H](O)CN3CCc4ccccc4C3)ccc12. The van der Waals surface area contributed by atoms with Crippen LogP contribution in [-0.4, -0.2) is 35.8 Å². The normalized spacial score (nSPS) is 15.5. The van der Waals surface area contributed by atoms with E-state index in [0.29, 0.717) is 17.9 Å². The van der Waals surface area contributed by atoms with Crippen molar-refractivity contribution >= 4 is 11.0 Å². The minimum Gasteiger partial charge on any atom is -0.491 e. The van der Waals surface area contributed by atoms with E-state index in [1.807, 2.05) is 19.1 Å².